The molecule has 1 unspecified atom stereocenters. The van der Waals surface area contributed by atoms with Crippen LogP contribution in [0.1, 0.15) is 16.8 Å². The Bertz CT molecular complexity index is 787. The number of aromatic nitrogens is 1. The van der Waals surface area contributed by atoms with Crippen LogP contribution in [-0.4, -0.2) is 36.6 Å². The van der Waals surface area contributed by atoms with Gasteiger partial charge in [-0.3, -0.25) is 4.79 Å². The van der Waals surface area contributed by atoms with Crippen LogP contribution in [0.2, 0.25) is 10.3 Å². The monoisotopic (exact) mass is 401 g/mol. The van der Waals surface area contributed by atoms with Crippen molar-refractivity contribution in [3.63, 3.8) is 0 Å². The van der Waals surface area contributed by atoms with E-state index in [2.05, 4.69) is 15.0 Å². The number of ether oxygens (including phenoxy) is 1. The fraction of sp³-hybridized carbons (Fsp3) is 0.294. The summed E-state index contributed by atoms with van der Waals surface area (Å²) in [6.07, 6.45) is 0.668. The summed E-state index contributed by atoms with van der Waals surface area (Å²) in [6.45, 7) is -1.82. The molecule has 2 aromatic rings. The van der Waals surface area contributed by atoms with Crippen molar-refractivity contribution in [1.82, 2.24) is 10.3 Å². The molecule has 1 aliphatic rings. The second kappa shape index (κ2) is 8.05. The Morgan fingerprint density at radius 2 is 1.96 bits per heavy atom. The maximum absolute atomic E-state index is 12.6. The molecule has 1 N–H and O–H groups in total. The molecule has 0 radical (unpaired) electrons. The number of nitrogens with zero attached hydrogens (tertiary/aromatic N) is 2. The Hall–Kier alpha value is -2.12. The molecule has 1 aliphatic heterocycles. The second-order valence-electron chi connectivity index (χ2n) is 5.75. The smallest absolute Gasteiger partial charge is 0.387 e. The van der Waals surface area contributed by atoms with Crippen molar-refractivity contribution in [3.05, 3.63) is 52.3 Å². The van der Waals surface area contributed by atoms with Gasteiger partial charge >= 0.3 is 6.61 Å². The number of halogens is 4. The van der Waals surface area contributed by atoms with Gasteiger partial charge in [-0.1, -0.05) is 35.3 Å². The molecule has 1 atom stereocenters. The summed E-state index contributed by atoms with van der Waals surface area (Å²) in [7, 11) is 0. The molecular weight excluding hydrogens is 387 g/mol. The third kappa shape index (κ3) is 4.53. The summed E-state index contributed by atoms with van der Waals surface area (Å²) in [5.41, 5.74) is 0.884. The van der Waals surface area contributed by atoms with Crippen molar-refractivity contribution in [2.24, 2.45) is 0 Å². The number of carbonyl (C=O) groups is 1. The van der Waals surface area contributed by atoms with E-state index in [1.165, 1.54) is 18.2 Å². The van der Waals surface area contributed by atoms with Gasteiger partial charge < -0.3 is 15.0 Å². The van der Waals surface area contributed by atoms with Gasteiger partial charge in [0.1, 0.15) is 16.1 Å². The quantitative estimate of drug-likeness (QED) is 0.769. The molecule has 1 amide bonds. The lowest BCUT2D eigenvalue weighted by atomic mass is 10.2. The van der Waals surface area contributed by atoms with Crippen LogP contribution in [0.3, 0.4) is 0 Å². The largest absolute Gasteiger partial charge is 0.433 e. The topological polar surface area (TPSA) is 54.5 Å². The summed E-state index contributed by atoms with van der Waals surface area (Å²) in [5.74, 6) is -0.206. The molecule has 1 saturated heterocycles. The maximum atomic E-state index is 12.6. The summed E-state index contributed by atoms with van der Waals surface area (Å²) < 4.78 is 29.7. The Labute approximate surface area is 158 Å². The normalized spacial score (nSPS) is 16.8. The van der Waals surface area contributed by atoms with E-state index in [4.69, 9.17) is 23.2 Å². The third-order valence-electron chi connectivity index (χ3n) is 3.97. The summed E-state index contributed by atoms with van der Waals surface area (Å²) in [4.78, 5) is 18.1. The van der Waals surface area contributed by atoms with Crippen molar-refractivity contribution in [2.45, 2.75) is 19.1 Å². The van der Waals surface area contributed by atoms with E-state index >= 15 is 0 Å². The molecule has 1 aromatic carbocycles. The highest BCUT2D eigenvalue weighted by molar-refractivity contribution is 6.33. The number of rotatable bonds is 5. The van der Waals surface area contributed by atoms with Crippen LogP contribution in [0.5, 0.6) is 5.75 Å². The van der Waals surface area contributed by atoms with Gasteiger partial charge in [-0.15, -0.1) is 0 Å². The lowest BCUT2D eigenvalue weighted by Gasteiger charge is -2.22. The molecule has 26 heavy (non-hydrogen) atoms. The highest BCUT2D eigenvalue weighted by Crippen LogP contribution is 2.31. The van der Waals surface area contributed by atoms with Gasteiger partial charge in [-0.2, -0.15) is 8.78 Å². The number of hydrogen-bond donors (Lipinski definition) is 1. The van der Waals surface area contributed by atoms with Crippen LogP contribution < -0.4 is 15.0 Å². The van der Waals surface area contributed by atoms with Crippen LogP contribution in [0.25, 0.3) is 0 Å². The molecule has 9 heteroatoms. The van der Waals surface area contributed by atoms with Crippen molar-refractivity contribution in [2.75, 3.05) is 18.0 Å². The van der Waals surface area contributed by atoms with E-state index in [1.54, 1.807) is 18.2 Å². The number of hydrogen-bond acceptors (Lipinski definition) is 4. The molecule has 3 rings (SSSR count). The molecule has 2 heterocycles. The number of benzene rings is 1. The summed E-state index contributed by atoms with van der Waals surface area (Å²) >= 11 is 11.6. The summed E-state index contributed by atoms with van der Waals surface area (Å²) in [6, 6.07) is 9.31. The van der Waals surface area contributed by atoms with E-state index in [0.717, 1.165) is 0 Å². The molecular formula is C17H15Cl2F2N3O2. The minimum Gasteiger partial charge on any atom is -0.433 e. The van der Waals surface area contributed by atoms with Crippen LogP contribution in [0.15, 0.2) is 36.4 Å². The molecule has 5 nitrogen and oxygen atoms in total. The lowest BCUT2D eigenvalue weighted by Crippen LogP contribution is -2.37. The first kappa shape index (κ1) is 18.7. The van der Waals surface area contributed by atoms with Crippen LogP contribution >= 0.6 is 23.2 Å². The standard InChI is InChI=1S/C17H15Cl2F2N3O2/c18-14-7-10(8-15(19)23-14)16(25)22-11-5-6-24(9-11)12-3-1-2-4-13(12)26-17(20)21/h1-4,7-8,11,17H,5-6,9H2,(H,22,25). The molecule has 1 aromatic heterocycles. The lowest BCUT2D eigenvalue weighted by molar-refractivity contribution is -0.0495. The molecule has 0 saturated carbocycles. The second-order valence-corrected chi connectivity index (χ2v) is 6.53. The fourth-order valence-electron chi connectivity index (χ4n) is 2.88. The Balaban J connectivity index is 1.67. The van der Waals surface area contributed by atoms with Crippen molar-refractivity contribution in [3.8, 4) is 5.75 Å². The molecule has 1 fully saturated rings. The zero-order valence-corrected chi connectivity index (χ0v) is 15.0. The van der Waals surface area contributed by atoms with E-state index in [1.807, 2.05) is 4.90 Å². The molecule has 0 spiro atoms. The zero-order chi connectivity index (χ0) is 18.7. The minimum absolute atomic E-state index is 0.113. The third-order valence-corrected chi connectivity index (χ3v) is 4.36. The zero-order valence-electron chi connectivity index (χ0n) is 13.5. The number of pyridine rings is 1. The van der Waals surface area contributed by atoms with Crippen molar-refractivity contribution in [1.29, 1.82) is 0 Å². The van der Waals surface area contributed by atoms with Gasteiger partial charge in [0.05, 0.1) is 5.69 Å². The minimum atomic E-state index is -2.89. The SMILES string of the molecule is O=C(NC1CCN(c2ccccc2OC(F)F)C1)c1cc(Cl)nc(Cl)c1. The highest BCUT2D eigenvalue weighted by Gasteiger charge is 2.27. The number of nitrogens with one attached hydrogen (secondary N) is 1. The highest BCUT2D eigenvalue weighted by atomic mass is 35.5. The molecule has 0 bridgehead atoms. The van der Waals surface area contributed by atoms with Crippen LogP contribution in [0, 0.1) is 0 Å². The first-order valence-corrected chi connectivity index (χ1v) is 8.60. The Morgan fingerprint density at radius 3 is 2.65 bits per heavy atom. The van der Waals surface area contributed by atoms with Gasteiger partial charge in [0.2, 0.25) is 0 Å². The average Bonchev–Trinajstić information content (AvgIpc) is 3.02. The predicted molar refractivity (Wildman–Crippen MR) is 95.4 cm³/mol. The number of carbonyl (C=O) groups excluding carboxylic acids is 1. The van der Waals surface area contributed by atoms with Crippen LogP contribution in [0.4, 0.5) is 14.5 Å². The van der Waals surface area contributed by atoms with Crippen molar-refractivity contribution >= 4 is 34.8 Å². The van der Waals surface area contributed by atoms with Gasteiger partial charge in [-0.25, -0.2) is 4.98 Å². The Kier molecular flexibility index (Phi) is 5.78. The fourth-order valence-corrected chi connectivity index (χ4v) is 3.34. The number of anilines is 1. The molecule has 138 valence electrons. The summed E-state index contributed by atoms with van der Waals surface area (Å²) in [5, 5.41) is 3.16. The van der Waals surface area contributed by atoms with E-state index < -0.39 is 6.61 Å². The van der Waals surface area contributed by atoms with Gasteiger partial charge in [0, 0.05) is 24.7 Å². The number of amides is 1. The first-order valence-electron chi connectivity index (χ1n) is 7.85. The van der Waals surface area contributed by atoms with Crippen molar-refractivity contribution < 1.29 is 18.3 Å². The molecule has 0 aliphatic carbocycles. The Morgan fingerprint density at radius 1 is 1.27 bits per heavy atom. The van der Waals surface area contributed by atoms with Gasteiger partial charge in [0.15, 0.2) is 0 Å². The first-order chi connectivity index (χ1) is 12.4. The number of para-hydroxylation sites is 2. The predicted octanol–water partition coefficient (Wildman–Crippen LogP) is 4.00. The van der Waals surface area contributed by atoms with E-state index in [0.29, 0.717) is 30.8 Å². The van der Waals surface area contributed by atoms with E-state index in [9.17, 15) is 13.6 Å². The van der Waals surface area contributed by atoms with Gasteiger partial charge in [0.25, 0.3) is 5.91 Å². The van der Waals surface area contributed by atoms with Gasteiger partial charge in [-0.05, 0) is 30.7 Å². The maximum Gasteiger partial charge on any atom is 0.387 e. The van der Waals surface area contributed by atoms with E-state index in [-0.39, 0.29) is 28.0 Å². The van der Waals surface area contributed by atoms with Crippen LogP contribution in [-0.2, 0) is 0 Å². The average molecular weight is 402 g/mol. The number of alkyl halides is 2.